The molecule has 0 bridgehead atoms. The number of carbonyl (C=O) groups excluding carboxylic acids is 2. The highest BCUT2D eigenvalue weighted by Crippen LogP contribution is 2.29. The number of hydrogen-bond acceptors (Lipinski definition) is 5. The number of imidazole rings is 1. The Morgan fingerprint density at radius 1 is 0.952 bits per heavy atom. The number of para-hydroxylation sites is 1. The smallest absolute Gasteiger partial charge is 0.334 e. The van der Waals surface area contributed by atoms with E-state index in [9.17, 15) is 14.4 Å². The van der Waals surface area contributed by atoms with Crippen LogP contribution >= 0.6 is 0 Å². The van der Waals surface area contributed by atoms with Gasteiger partial charge in [0.25, 0.3) is 11.8 Å². The summed E-state index contributed by atoms with van der Waals surface area (Å²) in [5.41, 5.74) is 3.81. The fourth-order valence-electron chi connectivity index (χ4n) is 5.26. The van der Waals surface area contributed by atoms with Gasteiger partial charge in [0.2, 0.25) is 0 Å². The number of ether oxygens (including phenoxy) is 1. The second-order valence-corrected chi connectivity index (χ2v) is 10.8. The van der Waals surface area contributed by atoms with Crippen LogP contribution in [0.15, 0.2) is 83.7 Å². The largest absolute Gasteiger partial charge is 0.484 e. The third-order valence-corrected chi connectivity index (χ3v) is 7.21. The summed E-state index contributed by atoms with van der Waals surface area (Å²) in [5, 5.41) is 6.11. The summed E-state index contributed by atoms with van der Waals surface area (Å²) in [6.45, 7) is 8.28. The first-order valence-electron chi connectivity index (χ1n) is 14.3. The number of nitrogens with one attached hydrogen (secondary N) is 2. The molecule has 218 valence electrons. The van der Waals surface area contributed by atoms with Gasteiger partial charge in [0.05, 0.1) is 17.9 Å². The summed E-state index contributed by atoms with van der Waals surface area (Å²) in [7, 11) is 0. The lowest BCUT2D eigenvalue weighted by Gasteiger charge is -2.28. The monoisotopic (exact) mass is 567 g/mol. The molecule has 9 heteroatoms. The third-order valence-electron chi connectivity index (χ3n) is 7.21. The van der Waals surface area contributed by atoms with Crippen molar-refractivity contribution < 1.29 is 14.3 Å². The van der Waals surface area contributed by atoms with Gasteiger partial charge in [0.1, 0.15) is 11.4 Å². The number of aryl methyl sites for hydroxylation is 1. The predicted octanol–water partition coefficient (Wildman–Crippen LogP) is 3.61. The molecular formula is C33H37N5O4. The lowest BCUT2D eigenvalue weighted by Crippen LogP contribution is -2.47. The maximum absolute atomic E-state index is 14.4. The van der Waals surface area contributed by atoms with Crippen LogP contribution in [0, 0.1) is 6.92 Å². The summed E-state index contributed by atoms with van der Waals surface area (Å²) < 4.78 is 8.98. The topological polar surface area (TPSA) is 97.6 Å². The second-order valence-electron chi connectivity index (χ2n) is 10.8. The molecule has 0 radical (unpaired) electrons. The maximum atomic E-state index is 14.4. The van der Waals surface area contributed by atoms with Crippen molar-refractivity contribution in [1.82, 2.24) is 24.7 Å². The molecule has 2 N–H and O–H groups in total. The Balaban J connectivity index is 1.63. The first kappa shape index (κ1) is 28.9. The van der Waals surface area contributed by atoms with Crippen molar-refractivity contribution >= 4 is 11.8 Å². The van der Waals surface area contributed by atoms with E-state index in [1.54, 1.807) is 15.2 Å². The molecular weight excluding hydrogens is 530 g/mol. The molecule has 2 amide bonds. The van der Waals surface area contributed by atoms with E-state index in [0.29, 0.717) is 43.3 Å². The molecule has 5 rings (SSSR count). The Kier molecular flexibility index (Phi) is 8.88. The Morgan fingerprint density at radius 3 is 2.38 bits per heavy atom. The first-order chi connectivity index (χ1) is 20.3. The van der Waals surface area contributed by atoms with Crippen LogP contribution < -0.4 is 21.1 Å². The molecule has 0 aliphatic carbocycles. The number of amides is 2. The van der Waals surface area contributed by atoms with Gasteiger partial charge in [-0.25, -0.2) is 4.79 Å². The van der Waals surface area contributed by atoms with E-state index in [4.69, 9.17) is 4.74 Å². The van der Waals surface area contributed by atoms with Crippen LogP contribution in [0.2, 0.25) is 0 Å². The van der Waals surface area contributed by atoms with Gasteiger partial charge in [-0.1, -0.05) is 60.7 Å². The average molecular weight is 568 g/mol. The summed E-state index contributed by atoms with van der Waals surface area (Å²) in [6.07, 6.45) is 0. The molecule has 0 unspecified atom stereocenters. The van der Waals surface area contributed by atoms with E-state index in [0.717, 1.165) is 22.4 Å². The Morgan fingerprint density at radius 2 is 1.67 bits per heavy atom. The van der Waals surface area contributed by atoms with Crippen LogP contribution in [0.25, 0.3) is 16.9 Å². The van der Waals surface area contributed by atoms with Gasteiger partial charge >= 0.3 is 5.69 Å². The summed E-state index contributed by atoms with van der Waals surface area (Å²) in [5.74, 6) is 0.118. The van der Waals surface area contributed by atoms with Gasteiger partial charge in [0.15, 0.2) is 6.61 Å². The van der Waals surface area contributed by atoms with E-state index in [-0.39, 0.29) is 36.7 Å². The minimum absolute atomic E-state index is 0.0158. The number of carbonyl (C=O) groups is 2. The van der Waals surface area contributed by atoms with Crippen LogP contribution in [0.3, 0.4) is 0 Å². The first-order valence-corrected chi connectivity index (χ1v) is 14.3. The van der Waals surface area contributed by atoms with Gasteiger partial charge in [0, 0.05) is 37.8 Å². The van der Waals surface area contributed by atoms with E-state index in [2.05, 4.69) is 10.6 Å². The molecule has 1 fully saturated rings. The van der Waals surface area contributed by atoms with E-state index in [1.807, 2.05) is 98.5 Å². The van der Waals surface area contributed by atoms with Gasteiger partial charge < -0.3 is 20.3 Å². The molecule has 0 saturated carbocycles. The van der Waals surface area contributed by atoms with E-state index >= 15 is 0 Å². The zero-order valence-corrected chi connectivity index (χ0v) is 24.3. The van der Waals surface area contributed by atoms with Crippen LogP contribution in [0.1, 0.15) is 35.5 Å². The average Bonchev–Trinajstić information content (AvgIpc) is 3.28. The lowest BCUT2D eigenvalue weighted by molar-refractivity contribution is -0.123. The van der Waals surface area contributed by atoms with Crippen molar-refractivity contribution in [1.29, 1.82) is 0 Å². The van der Waals surface area contributed by atoms with Crippen molar-refractivity contribution in [2.75, 3.05) is 32.8 Å². The molecule has 1 aliphatic rings. The zero-order valence-electron chi connectivity index (χ0n) is 24.3. The molecule has 1 aliphatic heterocycles. The van der Waals surface area contributed by atoms with Gasteiger partial charge in [-0.2, -0.15) is 0 Å². The lowest BCUT2D eigenvalue weighted by atomic mass is 10.1. The minimum Gasteiger partial charge on any atom is -0.484 e. The fourth-order valence-corrected chi connectivity index (χ4v) is 5.26. The minimum atomic E-state index is -0.302. The highest BCUT2D eigenvalue weighted by atomic mass is 16.5. The molecule has 4 aromatic rings. The Bertz CT molecular complexity index is 1620. The van der Waals surface area contributed by atoms with Crippen molar-refractivity contribution in [3.05, 3.63) is 106 Å². The van der Waals surface area contributed by atoms with E-state index in [1.165, 1.54) is 0 Å². The zero-order chi connectivity index (χ0) is 29.6. The Labute approximate surface area is 245 Å². The van der Waals surface area contributed by atoms with Crippen molar-refractivity contribution in [3.63, 3.8) is 0 Å². The highest BCUT2D eigenvalue weighted by molar-refractivity contribution is 5.99. The summed E-state index contributed by atoms with van der Waals surface area (Å²) in [4.78, 5) is 42.6. The van der Waals surface area contributed by atoms with Crippen molar-refractivity contribution in [2.45, 2.75) is 33.4 Å². The molecule has 2 heterocycles. The number of piperazine rings is 1. The van der Waals surface area contributed by atoms with Gasteiger partial charge in [-0.05, 0) is 50.1 Å². The predicted molar refractivity (Wildman–Crippen MR) is 163 cm³/mol. The Hall–Kier alpha value is -4.63. The summed E-state index contributed by atoms with van der Waals surface area (Å²) >= 11 is 0. The molecule has 1 saturated heterocycles. The molecule has 1 aromatic heterocycles. The number of nitrogens with zero attached hydrogens (tertiary/aromatic N) is 3. The number of rotatable bonds is 9. The molecule has 0 spiro atoms. The van der Waals surface area contributed by atoms with Crippen molar-refractivity contribution in [2.24, 2.45) is 0 Å². The number of benzene rings is 3. The molecule has 3 aromatic carbocycles. The van der Waals surface area contributed by atoms with Crippen LogP contribution in [-0.2, 0) is 11.3 Å². The van der Waals surface area contributed by atoms with Gasteiger partial charge in [-0.15, -0.1) is 0 Å². The summed E-state index contributed by atoms with van der Waals surface area (Å²) in [6, 6.07) is 24.6. The normalized spacial score (nSPS) is 13.3. The highest BCUT2D eigenvalue weighted by Gasteiger charge is 2.31. The van der Waals surface area contributed by atoms with Gasteiger partial charge in [-0.3, -0.25) is 18.7 Å². The molecule has 0 atom stereocenters. The maximum Gasteiger partial charge on any atom is 0.334 e. The quantitative estimate of drug-likeness (QED) is 0.322. The standard InChI is InChI=1S/C33H37N5O4/c1-23(2)35-29(39)22-42-27-14-9-11-25(20-27)21-37-31(32(40)36-18-16-34-17-19-36)30(26-12-5-4-6-13-26)38(33(37)41)28-15-8-7-10-24(28)3/h4-15,20,23,34H,16-19,21-22H2,1-3H3,(H,35,39). The number of aromatic nitrogens is 2. The van der Waals surface area contributed by atoms with E-state index < -0.39 is 0 Å². The van der Waals surface area contributed by atoms with Crippen molar-refractivity contribution in [3.8, 4) is 22.7 Å². The SMILES string of the molecule is Cc1ccccc1-n1c(-c2ccccc2)c(C(=O)N2CCNCC2)n(Cc2cccc(OCC(=O)NC(C)C)c2)c1=O. The van der Waals surface area contributed by atoms with Crippen LogP contribution in [0.4, 0.5) is 0 Å². The second kappa shape index (κ2) is 12.9. The molecule has 9 nitrogen and oxygen atoms in total. The van der Waals surface area contributed by atoms with Crippen LogP contribution in [-0.4, -0.2) is 64.7 Å². The molecule has 42 heavy (non-hydrogen) atoms. The number of hydrogen-bond donors (Lipinski definition) is 2. The third kappa shape index (κ3) is 6.31. The fraction of sp³-hybridized carbons (Fsp3) is 0.303. The van der Waals surface area contributed by atoms with Crippen LogP contribution in [0.5, 0.6) is 5.75 Å².